The Morgan fingerprint density at radius 3 is 2.58 bits per heavy atom. The van der Waals surface area contributed by atoms with Gasteiger partial charge in [-0.1, -0.05) is 30.3 Å². The number of H-pyrrole nitrogens is 1. The average molecular weight is 322 g/mol. The summed E-state index contributed by atoms with van der Waals surface area (Å²) in [6, 6.07) is 14.8. The van der Waals surface area contributed by atoms with Crippen molar-refractivity contribution in [2.45, 2.75) is 13.5 Å². The number of rotatable bonds is 6. The molecule has 0 saturated heterocycles. The molecule has 1 heterocycles. The molecule has 3 rings (SSSR count). The van der Waals surface area contributed by atoms with Gasteiger partial charge < -0.3 is 15.0 Å². The van der Waals surface area contributed by atoms with Crippen molar-refractivity contribution in [3.8, 4) is 5.75 Å². The third kappa shape index (κ3) is 3.30. The number of ketones is 1. The zero-order chi connectivity index (χ0) is 16.9. The standard InChI is InChI=1S/C19H18N2O3/c1-2-24-14-9-7-13(8-10-14)11-21-19(23)18(22)16-12-20-17-6-4-3-5-15(16)17/h3-10,12,20H,2,11H2,1H3,(H,21,23). The molecular weight excluding hydrogens is 304 g/mol. The fraction of sp³-hybridized carbons (Fsp3) is 0.158. The first-order valence-electron chi connectivity index (χ1n) is 7.79. The number of carbonyl (C=O) groups is 2. The zero-order valence-corrected chi connectivity index (χ0v) is 13.3. The van der Waals surface area contributed by atoms with Gasteiger partial charge in [0.2, 0.25) is 0 Å². The van der Waals surface area contributed by atoms with Crippen LogP contribution in [-0.2, 0) is 11.3 Å². The molecule has 0 saturated carbocycles. The van der Waals surface area contributed by atoms with Crippen LogP contribution in [0.4, 0.5) is 0 Å². The van der Waals surface area contributed by atoms with E-state index in [1.807, 2.05) is 55.5 Å². The van der Waals surface area contributed by atoms with E-state index in [4.69, 9.17) is 4.74 Å². The smallest absolute Gasteiger partial charge is 0.292 e. The van der Waals surface area contributed by atoms with Crippen molar-refractivity contribution in [2.75, 3.05) is 6.61 Å². The molecule has 0 spiro atoms. The highest BCUT2D eigenvalue weighted by Gasteiger charge is 2.19. The van der Waals surface area contributed by atoms with E-state index in [1.54, 1.807) is 6.20 Å². The molecule has 24 heavy (non-hydrogen) atoms. The number of benzene rings is 2. The molecule has 0 unspecified atom stereocenters. The van der Waals surface area contributed by atoms with Crippen LogP contribution in [0, 0.1) is 0 Å². The summed E-state index contributed by atoms with van der Waals surface area (Å²) in [6.07, 6.45) is 1.57. The second kappa shape index (κ2) is 7.00. The Morgan fingerprint density at radius 2 is 1.83 bits per heavy atom. The Labute approximate surface area is 139 Å². The molecule has 0 radical (unpaired) electrons. The van der Waals surface area contributed by atoms with E-state index >= 15 is 0 Å². The monoisotopic (exact) mass is 322 g/mol. The maximum absolute atomic E-state index is 12.3. The SMILES string of the molecule is CCOc1ccc(CNC(=O)C(=O)c2c[nH]c3ccccc23)cc1. The van der Waals surface area contributed by atoms with Crippen LogP contribution in [0.1, 0.15) is 22.8 Å². The summed E-state index contributed by atoms with van der Waals surface area (Å²) in [5, 5.41) is 3.41. The van der Waals surface area contributed by atoms with Gasteiger partial charge in [0, 0.05) is 23.6 Å². The summed E-state index contributed by atoms with van der Waals surface area (Å²) in [6.45, 7) is 2.82. The Kier molecular flexibility index (Phi) is 4.61. The first-order valence-corrected chi connectivity index (χ1v) is 7.79. The molecule has 0 bridgehead atoms. The zero-order valence-electron chi connectivity index (χ0n) is 13.3. The van der Waals surface area contributed by atoms with Gasteiger partial charge in [-0.15, -0.1) is 0 Å². The Morgan fingerprint density at radius 1 is 1.08 bits per heavy atom. The largest absolute Gasteiger partial charge is 0.494 e. The van der Waals surface area contributed by atoms with Crippen molar-refractivity contribution < 1.29 is 14.3 Å². The highest BCUT2D eigenvalue weighted by Crippen LogP contribution is 2.18. The molecule has 2 N–H and O–H groups in total. The number of nitrogens with one attached hydrogen (secondary N) is 2. The van der Waals surface area contributed by atoms with Crippen molar-refractivity contribution >= 4 is 22.6 Å². The number of amides is 1. The highest BCUT2D eigenvalue weighted by atomic mass is 16.5. The maximum Gasteiger partial charge on any atom is 0.292 e. The summed E-state index contributed by atoms with van der Waals surface area (Å²) in [5.41, 5.74) is 2.12. The lowest BCUT2D eigenvalue weighted by Crippen LogP contribution is -2.30. The normalized spacial score (nSPS) is 10.5. The summed E-state index contributed by atoms with van der Waals surface area (Å²) < 4.78 is 5.37. The van der Waals surface area contributed by atoms with Gasteiger partial charge in [0.25, 0.3) is 11.7 Å². The van der Waals surface area contributed by atoms with E-state index in [0.717, 1.165) is 22.2 Å². The topological polar surface area (TPSA) is 71.2 Å². The van der Waals surface area contributed by atoms with Crippen LogP contribution >= 0.6 is 0 Å². The van der Waals surface area contributed by atoms with Gasteiger partial charge in [0.05, 0.1) is 12.2 Å². The molecule has 0 aliphatic carbocycles. The number of hydrogen-bond donors (Lipinski definition) is 2. The summed E-state index contributed by atoms with van der Waals surface area (Å²) in [4.78, 5) is 27.5. The molecule has 122 valence electrons. The Bertz CT molecular complexity index is 866. The lowest BCUT2D eigenvalue weighted by atomic mass is 10.1. The minimum absolute atomic E-state index is 0.291. The fourth-order valence-corrected chi connectivity index (χ4v) is 2.51. The van der Waals surface area contributed by atoms with Gasteiger partial charge >= 0.3 is 0 Å². The molecular formula is C19H18N2O3. The first-order chi connectivity index (χ1) is 11.7. The third-order valence-electron chi connectivity index (χ3n) is 3.73. The minimum atomic E-state index is -0.617. The number of para-hydroxylation sites is 1. The van der Waals surface area contributed by atoms with Gasteiger partial charge in [-0.3, -0.25) is 9.59 Å². The van der Waals surface area contributed by atoms with Crippen molar-refractivity contribution in [3.05, 3.63) is 65.9 Å². The van der Waals surface area contributed by atoms with E-state index in [9.17, 15) is 9.59 Å². The molecule has 0 aliphatic rings. The van der Waals surface area contributed by atoms with Gasteiger partial charge in [-0.05, 0) is 30.7 Å². The van der Waals surface area contributed by atoms with Crippen molar-refractivity contribution in [3.63, 3.8) is 0 Å². The van der Waals surface area contributed by atoms with Gasteiger partial charge in [-0.25, -0.2) is 0 Å². The first kappa shape index (κ1) is 15.8. The van der Waals surface area contributed by atoms with Gasteiger partial charge in [0.15, 0.2) is 0 Å². The summed E-state index contributed by atoms with van der Waals surface area (Å²) >= 11 is 0. The predicted octanol–water partition coefficient (Wildman–Crippen LogP) is 3.07. The van der Waals surface area contributed by atoms with Crippen LogP contribution in [0.25, 0.3) is 10.9 Å². The molecule has 3 aromatic rings. The van der Waals surface area contributed by atoms with E-state index in [0.29, 0.717) is 18.7 Å². The molecule has 2 aromatic carbocycles. The van der Waals surface area contributed by atoms with Crippen LogP contribution < -0.4 is 10.1 Å². The number of Topliss-reactive ketones (excluding diaryl/α,β-unsaturated/α-hetero) is 1. The highest BCUT2D eigenvalue weighted by molar-refractivity contribution is 6.44. The van der Waals surface area contributed by atoms with Crippen LogP contribution in [0.3, 0.4) is 0 Å². The van der Waals surface area contributed by atoms with E-state index in [-0.39, 0.29) is 0 Å². The second-order valence-corrected chi connectivity index (χ2v) is 5.34. The molecule has 1 aromatic heterocycles. The Balaban J connectivity index is 1.65. The van der Waals surface area contributed by atoms with Crippen LogP contribution in [-0.4, -0.2) is 23.3 Å². The van der Waals surface area contributed by atoms with Crippen LogP contribution in [0.5, 0.6) is 5.75 Å². The molecule has 1 amide bonds. The molecule has 0 atom stereocenters. The van der Waals surface area contributed by atoms with Gasteiger partial charge in [0.1, 0.15) is 5.75 Å². The van der Waals surface area contributed by atoms with Crippen molar-refractivity contribution in [2.24, 2.45) is 0 Å². The number of aromatic nitrogens is 1. The molecule has 5 heteroatoms. The number of fused-ring (bicyclic) bond motifs is 1. The second-order valence-electron chi connectivity index (χ2n) is 5.34. The van der Waals surface area contributed by atoms with Crippen molar-refractivity contribution in [1.82, 2.24) is 10.3 Å². The predicted molar refractivity (Wildman–Crippen MR) is 92.1 cm³/mol. The summed E-state index contributed by atoms with van der Waals surface area (Å²) in [5.74, 6) is -0.380. The van der Waals surface area contributed by atoms with Gasteiger partial charge in [-0.2, -0.15) is 0 Å². The fourth-order valence-electron chi connectivity index (χ4n) is 2.51. The van der Waals surface area contributed by atoms with Crippen LogP contribution in [0.2, 0.25) is 0 Å². The lowest BCUT2D eigenvalue weighted by Gasteiger charge is -2.06. The molecule has 0 fully saturated rings. The number of aromatic amines is 1. The maximum atomic E-state index is 12.3. The Hall–Kier alpha value is -3.08. The molecule has 5 nitrogen and oxygen atoms in total. The average Bonchev–Trinajstić information content (AvgIpc) is 3.04. The van der Waals surface area contributed by atoms with E-state index in [1.165, 1.54) is 0 Å². The number of carbonyl (C=O) groups excluding carboxylic acids is 2. The van der Waals surface area contributed by atoms with Crippen LogP contribution in [0.15, 0.2) is 54.7 Å². The molecule has 0 aliphatic heterocycles. The quantitative estimate of drug-likeness (QED) is 0.541. The van der Waals surface area contributed by atoms with E-state index < -0.39 is 11.7 Å². The number of ether oxygens (including phenoxy) is 1. The summed E-state index contributed by atoms with van der Waals surface area (Å²) in [7, 11) is 0. The van der Waals surface area contributed by atoms with Crippen molar-refractivity contribution in [1.29, 1.82) is 0 Å². The van der Waals surface area contributed by atoms with E-state index in [2.05, 4.69) is 10.3 Å². The lowest BCUT2D eigenvalue weighted by molar-refractivity contribution is -0.117. The number of hydrogen-bond acceptors (Lipinski definition) is 3. The third-order valence-corrected chi connectivity index (χ3v) is 3.73. The minimum Gasteiger partial charge on any atom is -0.494 e.